The molecule has 9 heteroatoms. The summed E-state index contributed by atoms with van der Waals surface area (Å²) in [4.78, 5) is 60.3. The lowest BCUT2D eigenvalue weighted by Crippen LogP contribution is -2.60. The number of allylic oxidation sites excluding steroid dienone is 1. The third kappa shape index (κ3) is 4.35. The first-order valence-corrected chi connectivity index (χ1v) is 14.5. The second kappa shape index (κ2) is 10.7. The van der Waals surface area contributed by atoms with Crippen LogP contribution < -0.4 is 9.80 Å². The third-order valence-electron chi connectivity index (χ3n) is 8.31. The number of carbonyl (C=O) groups is 4. The van der Waals surface area contributed by atoms with Crippen molar-refractivity contribution >= 4 is 46.6 Å². The van der Waals surface area contributed by atoms with Crippen LogP contribution in [-0.2, 0) is 34.2 Å². The third-order valence-corrected chi connectivity index (χ3v) is 8.56. The molecule has 3 aliphatic rings. The van der Waals surface area contributed by atoms with Crippen LogP contribution in [0.25, 0.3) is 0 Å². The standard InChI is InChI=1S/C33H35ClN2O6/c1-7-8-15-35-23-14-9-19(2)16-22(23)33(31(35)40)28(30(39)42-6)27(29(38)41-5)26-24(17-32(3,4)18-25(26)37)36(33)21-12-10-20(34)11-13-21/h9-14,16H,7-8,15,17-18H2,1-6H3. The van der Waals surface area contributed by atoms with Crippen LogP contribution in [0.2, 0.25) is 5.02 Å². The van der Waals surface area contributed by atoms with Gasteiger partial charge in [0.25, 0.3) is 5.91 Å². The van der Waals surface area contributed by atoms with Crippen LogP contribution >= 0.6 is 11.6 Å². The fourth-order valence-corrected chi connectivity index (χ4v) is 6.70. The van der Waals surface area contributed by atoms with E-state index < -0.39 is 28.8 Å². The summed E-state index contributed by atoms with van der Waals surface area (Å²) < 4.78 is 10.5. The molecule has 5 rings (SSSR count). The van der Waals surface area contributed by atoms with Crippen LogP contribution in [0.1, 0.15) is 57.6 Å². The van der Waals surface area contributed by atoms with Crippen LogP contribution in [-0.4, -0.2) is 44.4 Å². The lowest BCUT2D eigenvalue weighted by molar-refractivity contribution is -0.141. The van der Waals surface area contributed by atoms with Gasteiger partial charge in [-0.3, -0.25) is 9.59 Å². The lowest BCUT2D eigenvalue weighted by Gasteiger charge is -2.50. The van der Waals surface area contributed by atoms with Crippen LogP contribution in [0.3, 0.4) is 0 Å². The Balaban J connectivity index is 2.02. The predicted molar refractivity (Wildman–Crippen MR) is 160 cm³/mol. The maximum atomic E-state index is 15.2. The number of esters is 2. The molecule has 8 nitrogen and oxygen atoms in total. The SMILES string of the molecule is CCCCN1C(=O)C2(C(C(=O)OC)=C(C(=O)OC)C3=C(CC(C)(C)CC3=O)N2c2ccc(Cl)cc2)c2cc(C)ccc21. The van der Waals surface area contributed by atoms with Crippen molar-refractivity contribution in [3.8, 4) is 0 Å². The molecule has 0 saturated carbocycles. The van der Waals surface area contributed by atoms with Crippen LogP contribution in [0.5, 0.6) is 0 Å². The van der Waals surface area contributed by atoms with Gasteiger partial charge < -0.3 is 19.3 Å². The van der Waals surface area contributed by atoms with Gasteiger partial charge >= 0.3 is 11.9 Å². The molecule has 0 fully saturated rings. The van der Waals surface area contributed by atoms with Gasteiger partial charge in [-0.15, -0.1) is 0 Å². The summed E-state index contributed by atoms with van der Waals surface area (Å²) in [6.45, 7) is 8.29. The molecule has 1 spiro atoms. The number of methoxy groups -OCH3 is 2. The molecular formula is C33H35ClN2O6. The van der Waals surface area contributed by atoms with Gasteiger partial charge in [-0.1, -0.05) is 56.5 Å². The smallest absolute Gasteiger partial charge is 0.339 e. The molecule has 0 radical (unpaired) electrons. The topological polar surface area (TPSA) is 93.2 Å². The average Bonchev–Trinajstić information content (AvgIpc) is 3.17. The van der Waals surface area contributed by atoms with E-state index >= 15 is 4.79 Å². The van der Waals surface area contributed by atoms with E-state index in [4.69, 9.17) is 21.1 Å². The number of hydrogen-bond donors (Lipinski definition) is 0. The zero-order chi connectivity index (χ0) is 30.6. The monoisotopic (exact) mass is 590 g/mol. The van der Waals surface area contributed by atoms with E-state index in [-0.39, 0.29) is 28.9 Å². The number of unbranched alkanes of at least 4 members (excludes halogenated alkanes) is 1. The maximum Gasteiger partial charge on any atom is 0.339 e. The summed E-state index contributed by atoms with van der Waals surface area (Å²) in [5.41, 5.74) is 0.325. The fourth-order valence-electron chi connectivity index (χ4n) is 6.57. The highest BCUT2D eigenvalue weighted by Gasteiger charge is 2.65. The zero-order valence-corrected chi connectivity index (χ0v) is 25.6. The van der Waals surface area contributed by atoms with Crippen molar-refractivity contribution in [3.05, 3.63) is 81.0 Å². The Kier molecular flexibility index (Phi) is 7.56. The molecule has 42 heavy (non-hydrogen) atoms. The number of benzene rings is 2. The van der Waals surface area contributed by atoms with E-state index in [9.17, 15) is 14.4 Å². The number of ether oxygens (including phenoxy) is 2. The molecular weight excluding hydrogens is 556 g/mol. The molecule has 220 valence electrons. The Bertz CT molecular complexity index is 1570. The normalized spacial score (nSPS) is 21.1. The van der Waals surface area contributed by atoms with Gasteiger partial charge in [0, 0.05) is 34.9 Å². The van der Waals surface area contributed by atoms with Gasteiger partial charge in [-0.25, -0.2) is 9.59 Å². The van der Waals surface area contributed by atoms with Gasteiger partial charge in [-0.05, 0) is 55.5 Å². The Morgan fingerprint density at radius 3 is 2.26 bits per heavy atom. The van der Waals surface area contributed by atoms with Gasteiger partial charge in [0.2, 0.25) is 0 Å². The quantitative estimate of drug-likeness (QED) is 0.393. The van der Waals surface area contributed by atoms with Crippen molar-refractivity contribution in [2.24, 2.45) is 5.41 Å². The first-order valence-electron chi connectivity index (χ1n) is 14.1. The van der Waals surface area contributed by atoms with E-state index in [1.807, 2.05) is 45.9 Å². The summed E-state index contributed by atoms with van der Waals surface area (Å²) in [6.07, 6.45) is 2.06. The molecule has 0 aromatic heterocycles. The molecule has 0 saturated heterocycles. The minimum absolute atomic E-state index is 0.0798. The molecule has 2 aromatic rings. The van der Waals surface area contributed by atoms with Gasteiger partial charge in [-0.2, -0.15) is 0 Å². The highest BCUT2D eigenvalue weighted by molar-refractivity contribution is 6.30. The number of anilines is 2. The Labute approximate surface area is 250 Å². The van der Waals surface area contributed by atoms with E-state index in [0.29, 0.717) is 40.6 Å². The summed E-state index contributed by atoms with van der Waals surface area (Å²) in [7, 11) is 2.40. The molecule has 1 unspecified atom stereocenters. The fraction of sp³-hybridized carbons (Fsp3) is 0.394. The van der Waals surface area contributed by atoms with Crippen molar-refractivity contribution in [2.45, 2.75) is 58.9 Å². The Hall–Kier alpha value is -3.91. The molecule has 0 bridgehead atoms. The summed E-state index contributed by atoms with van der Waals surface area (Å²) in [6, 6.07) is 12.6. The molecule has 2 heterocycles. The van der Waals surface area contributed by atoms with E-state index in [1.165, 1.54) is 14.2 Å². The van der Waals surface area contributed by atoms with E-state index in [0.717, 1.165) is 18.4 Å². The Morgan fingerprint density at radius 1 is 0.976 bits per heavy atom. The lowest BCUT2D eigenvalue weighted by atomic mass is 9.66. The summed E-state index contributed by atoms with van der Waals surface area (Å²) >= 11 is 6.30. The van der Waals surface area contributed by atoms with E-state index in [2.05, 4.69) is 0 Å². The highest BCUT2D eigenvalue weighted by Crippen LogP contribution is 2.58. The second-order valence-corrected chi connectivity index (χ2v) is 12.3. The summed E-state index contributed by atoms with van der Waals surface area (Å²) in [5.74, 6) is -2.48. The second-order valence-electron chi connectivity index (χ2n) is 11.8. The van der Waals surface area contributed by atoms with E-state index in [1.54, 1.807) is 34.1 Å². The number of carbonyl (C=O) groups excluding carboxylic acids is 4. The molecule has 1 aliphatic carbocycles. The highest BCUT2D eigenvalue weighted by atomic mass is 35.5. The molecule has 1 amide bonds. The molecule has 2 aliphatic heterocycles. The number of rotatable bonds is 6. The predicted octanol–water partition coefficient (Wildman–Crippen LogP) is 5.80. The van der Waals surface area contributed by atoms with Gasteiger partial charge in [0.15, 0.2) is 11.3 Å². The van der Waals surface area contributed by atoms with Crippen molar-refractivity contribution in [1.29, 1.82) is 0 Å². The number of halogens is 1. The number of Topliss-reactive ketones (excluding diaryl/α,β-unsaturated/α-hetero) is 1. The van der Waals surface area contributed by atoms with Crippen molar-refractivity contribution in [1.82, 2.24) is 0 Å². The molecule has 1 atom stereocenters. The molecule has 0 N–H and O–H groups in total. The van der Waals surface area contributed by atoms with Crippen molar-refractivity contribution in [2.75, 3.05) is 30.6 Å². The maximum absolute atomic E-state index is 15.2. The first-order chi connectivity index (χ1) is 19.9. The first kappa shape index (κ1) is 29.6. The number of nitrogens with zero attached hydrogens (tertiary/aromatic N) is 2. The number of fused-ring (bicyclic) bond motifs is 2. The van der Waals surface area contributed by atoms with Gasteiger partial charge in [0.1, 0.15) is 0 Å². The number of hydrogen-bond acceptors (Lipinski definition) is 7. The van der Waals surface area contributed by atoms with Crippen molar-refractivity contribution in [3.63, 3.8) is 0 Å². The molecule has 2 aromatic carbocycles. The number of amides is 1. The summed E-state index contributed by atoms with van der Waals surface area (Å²) in [5, 5.41) is 0.483. The van der Waals surface area contributed by atoms with Gasteiger partial charge in [0.05, 0.1) is 36.6 Å². The number of aryl methyl sites for hydroxylation is 1. The van der Waals surface area contributed by atoms with Crippen LogP contribution in [0.15, 0.2) is 64.9 Å². The minimum Gasteiger partial charge on any atom is -0.466 e. The average molecular weight is 591 g/mol. The largest absolute Gasteiger partial charge is 0.466 e. The van der Waals surface area contributed by atoms with Crippen LogP contribution in [0, 0.1) is 12.3 Å². The minimum atomic E-state index is -1.86. The van der Waals surface area contributed by atoms with Crippen LogP contribution in [0.4, 0.5) is 11.4 Å². The zero-order valence-electron chi connectivity index (χ0n) is 24.8. The number of ketones is 1. The Morgan fingerprint density at radius 2 is 1.64 bits per heavy atom. The van der Waals surface area contributed by atoms with Crippen molar-refractivity contribution < 1.29 is 28.7 Å².